The van der Waals surface area contributed by atoms with Crippen molar-refractivity contribution in [2.45, 2.75) is 6.92 Å². The average Bonchev–Trinajstić information content (AvgIpc) is 3.39. The first-order valence-electron chi connectivity index (χ1n) is 9.29. The van der Waals surface area contributed by atoms with Gasteiger partial charge in [-0.1, -0.05) is 53.7 Å². The molecule has 29 heavy (non-hydrogen) atoms. The van der Waals surface area contributed by atoms with Crippen LogP contribution in [0.4, 0.5) is 0 Å². The van der Waals surface area contributed by atoms with Crippen LogP contribution < -0.4 is 0 Å². The number of benzene rings is 3. The lowest BCUT2D eigenvalue weighted by atomic mass is 10.1. The van der Waals surface area contributed by atoms with E-state index < -0.39 is 0 Å². The van der Waals surface area contributed by atoms with E-state index in [1.165, 1.54) is 0 Å². The molecule has 0 saturated heterocycles. The molecule has 0 aliphatic carbocycles. The summed E-state index contributed by atoms with van der Waals surface area (Å²) in [6.07, 6.45) is 4.14. The molecule has 0 N–H and O–H groups in total. The van der Waals surface area contributed by atoms with Gasteiger partial charge >= 0.3 is 0 Å². The van der Waals surface area contributed by atoms with Crippen molar-refractivity contribution in [3.63, 3.8) is 0 Å². The van der Waals surface area contributed by atoms with Crippen molar-refractivity contribution in [3.8, 4) is 22.9 Å². The molecule has 3 aromatic carbocycles. The normalized spacial score (nSPS) is 11.5. The Labute approximate surface area is 167 Å². The molecule has 140 valence electrons. The minimum Gasteiger partial charge on any atom is -0.436 e. The van der Waals surface area contributed by atoms with Crippen molar-refractivity contribution in [2.75, 3.05) is 0 Å². The lowest BCUT2D eigenvalue weighted by Crippen LogP contribution is -1.80. The molecule has 0 atom stereocenters. The van der Waals surface area contributed by atoms with Crippen molar-refractivity contribution in [2.24, 2.45) is 0 Å². The quantitative estimate of drug-likeness (QED) is 0.357. The second kappa shape index (κ2) is 7.20. The lowest BCUT2D eigenvalue weighted by Gasteiger charge is -1.99. The zero-order valence-corrected chi connectivity index (χ0v) is 15.7. The monoisotopic (exact) mass is 379 g/mol. The minimum absolute atomic E-state index is 0.535. The van der Waals surface area contributed by atoms with Gasteiger partial charge in [0.1, 0.15) is 5.52 Å². The van der Waals surface area contributed by atoms with Crippen LogP contribution in [-0.4, -0.2) is 15.1 Å². The summed E-state index contributed by atoms with van der Waals surface area (Å²) >= 11 is 0. The van der Waals surface area contributed by atoms with Crippen LogP contribution in [0.2, 0.25) is 0 Å². The number of oxazole rings is 1. The van der Waals surface area contributed by atoms with Gasteiger partial charge in [-0.2, -0.15) is 4.98 Å². The fraction of sp³-hybridized carbons (Fsp3) is 0.0417. The number of rotatable bonds is 4. The van der Waals surface area contributed by atoms with Gasteiger partial charge in [0.15, 0.2) is 11.4 Å². The molecule has 0 bridgehead atoms. The van der Waals surface area contributed by atoms with Crippen LogP contribution in [0.5, 0.6) is 0 Å². The van der Waals surface area contributed by atoms with E-state index in [1.807, 2.05) is 60.7 Å². The molecule has 0 fully saturated rings. The average molecular weight is 379 g/mol. The number of aromatic nitrogens is 3. The third kappa shape index (κ3) is 3.58. The van der Waals surface area contributed by atoms with E-state index in [0.29, 0.717) is 17.6 Å². The Morgan fingerprint density at radius 1 is 0.690 bits per heavy atom. The van der Waals surface area contributed by atoms with Gasteiger partial charge in [-0.05, 0) is 54.4 Å². The molecule has 0 radical (unpaired) electrons. The maximum Gasteiger partial charge on any atom is 0.257 e. The highest BCUT2D eigenvalue weighted by Crippen LogP contribution is 2.25. The van der Waals surface area contributed by atoms with Crippen LogP contribution in [0.1, 0.15) is 17.0 Å². The number of para-hydroxylation sites is 2. The highest BCUT2D eigenvalue weighted by molar-refractivity contribution is 5.77. The van der Waals surface area contributed by atoms with Crippen molar-refractivity contribution in [1.29, 1.82) is 0 Å². The summed E-state index contributed by atoms with van der Waals surface area (Å²) in [5, 5.41) is 3.82. The van der Waals surface area contributed by atoms with Gasteiger partial charge in [-0.25, -0.2) is 4.98 Å². The number of fused-ring (bicyclic) bond motifs is 1. The summed E-state index contributed by atoms with van der Waals surface area (Å²) in [7, 11) is 0. The Hall–Kier alpha value is -3.99. The SMILES string of the molecule is Cc1noc(-c2ccc(/C=C\c3ccc(-c4nc5ccccc5o4)cc3)cc2)n1. The number of nitrogens with zero attached hydrogens (tertiary/aromatic N) is 3. The highest BCUT2D eigenvalue weighted by Gasteiger charge is 2.07. The van der Waals surface area contributed by atoms with Gasteiger partial charge in [-0.3, -0.25) is 0 Å². The van der Waals surface area contributed by atoms with Gasteiger partial charge in [0.05, 0.1) is 0 Å². The van der Waals surface area contributed by atoms with Gasteiger partial charge in [0.2, 0.25) is 5.89 Å². The highest BCUT2D eigenvalue weighted by atomic mass is 16.5. The second-order valence-corrected chi connectivity index (χ2v) is 6.71. The van der Waals surface area contributed by atoms with E-state index in [9.17, 15) is 0 Å². The standard InChI is InChI=1S/C24H17N3O2/c1-16-25-24(29-27-16)20-14-10-18(11-15-20)7-6-17-8-12-19(13-9-17)23-26-21-4-2-3-5-22(21)28-23/h2-15H,1H3/b7-6-. The first-order valence-corrected chi connectivity index (χ1v) is 9.29. The van der Waals surface area contributed by atoms with E-state index >= 15 is 0 Å². The summed E-state index contributed by atoms with van der Waals surface area (Å²) in [6, 6.07) is 23.9. The van der Waals surface area contributed by atoms with Crippen LogP contribution in [-0.2, 0) is 0 Å². The van der Waals surface area contributed by atoms with E-state index in [2.05, 4.69) is 39.4 Å². The minimum atomic E-state index is 0.535. The molecule has 2 heterocycles. The molecule has 5 rings (SSSR count). The van der Waals surface area contributed by atoms with Crippen LogP contribution >= 0.6 is 0 Å². The van der Waals surface area contributed by atoms with Crippen molar-refractivity contribution in [1.82, 2.24) is 15.1 Å². The topological polar surface area (TPSA) is 65.0 Å². The van der Waals surface area contributed by atoms with Crippen LogP contribution in [0.15, 0.2) is 81.7 Å². The lowest BCUT2D eigenvalue weighted by molar-refractivity contribution is 0.425. The summed E-state index contributed by atoms with van der Waals surface area (Å²) in [4.78, 5) is 8.78. The van der Waals surface area contributed by atoms with Gasteiger partial charge in [-0.15, -0.1) is 0 Å². The molecule has 0 saturated carbocycles. The smallest absolute Gasteiger partial charge is 0.257 e. The Balaban J connectivity index is 1.32. The van der Waals surface area contributed by atoms with Gasteiger partial charge in [0, 0.05) is 11.1 Å². The molecule has 0 amide bonds. The summed E-state index contributed by atoms with van der Waals surface area (Å²) in [5.74, 6) is 1.80. The van der Waals surface area contributed by atoms with E-state index in [4.69, 9.17) is 8.94 Å². The van der Waals surface area contributed by atoms with Crippen LogP contribution in [0, 0.1) is 6.92 Å². The maximum absolute atomic E-state index is 5.83. The fourth-order valence-corrected chi connectivity index (χ4v) is 3.08. The summed E-state index contributed by atoms with van der Waals surface area (Å²) in [6.45, 7) is 1.81. The Morgan fingerprint density at radius 3 is 1.90 bits per heavy atom. The summed E-state index contributed by atoms with van der Waals surface area (Å²) < 4.78 is 11.0. The van der Waals surface area contributed by atoms with Crippen molar-refractivity contribution >= 4 is 23.3 Å². The van der Waals surface area contributed by atoms with Crippen LogP contribution in [0.25, 0.3) is 46.2 Å². The van der Waals surface area contributed by atoms with Gasteiger partial charge < -0.3 is 8.94 Å². The van der Waals surface area contributed by atoms with Gasteiger partial charge in [0.25, 0.3) is 5.89 Å². The predicted octanol–water partition coefficient (Wildman–Crippen LogP) is 6.02. The molecule has 5 nitrogen and oxygen atoms in total. The first kappa shape index (κ1) is 17.1. The third-order valence-corrected chi connectivity index (χ3v) is 4.60. The molecule has 0 aliphatic heterocycles. The molecule has 0 aliphatic rings. The number of hydrogen-bond donors (Lipinski definition) is 0. The number of aryl methyl sites for hydroxylation is 1. The van der Waals surface area contributed by atoms with Crippen molar-refractivity contribution < 1.29 is 8.94 Å². The van der Waals surface area contributed by atoms with Crippen LogP contribution in [0.3, 0.4) is 0 Å². The first-order chi connectivity index (χ1) is 14.2. The molecule has 0 unspecified atom stereocenters. The van der Waals surface area contributed by atoms with E-state index in [-0.39, 0.29) is 0 Å². The number of hydrogen-bond acceptors (Lipinski definition) is 5. The van der Waals surface area contributed by atoms with E-state index in [1.54, 1.807) is 6.92 Å². The zero-order chi connectivity index (χ0) is 19.6. The molecule has 5 heteroatoms. The van der Waals surface area contributed by atoms with Crippen molar-refractivity contribution in [3.05, 3.63) is 89.7 Å². The molecule has 5 aromatic rings. The third-order valence-electron chi connectivity index (χ3n) is 4.60. The molecular formula is C24H17N3O2. The zero-order valence-electron chi connectivity index (χ0n) is 15.7. The largest absolute Gasteiger partial charge is 0.436 e. The Bertz CT molecular complexity index is 1260. The Kier molecular flexibility index (Phi) is 4.26. The predicted molar refractivity (Wildman–Crippen MR) is 113 cm³/mol. The Morgan fingerprint density at radius 2 is 1.31 bits per heavy atom. The second-order valence-electron chi connectivity index (χ2n) is 6.71. The van der Waals surface area contributed by atoms with E-state index in [0.717, 1.165) is 33.4 Å². The maximum atomic E-state index is 5.83. The fourth-order valence-electron chi connectivity index (χ4n) is 3.08. The summed E-state index contributed by atoms with van der Waals surface area (Å²) in [5.41, 5.74) is 5.72. The molecule has 2 aromatic heterocycles. The molecular weight excluding hydrogens is 362 g/mol. The molecule has 0 spiro atoms.